The van der Waals surface area contributed by atoms with E-state index in [2.05, 4.69) is 0 Å². The lowest BCUT2D eigenvalue weighted by molar-refractivity contribution is 0.382. The molecule has 1 unspecified atom stereocenters. The molecule has 0 bridgehead atoms. The molecule has 25 heavy (non-hydrogen) atoms. The van der Waals surface area contributed by atoms with E-state index in [1.54, 1.807) is 36.4 Å². The maximum atomic E-state index is 13.1. The maximum Gasteiger partial charge on any atom is 0.243 e. The second-order valence-electron chi connectivity index (χ2n) is 6.31. The number of benzene rings is 3. The van der Waals surface area contributed by atoms with Crippen LogP contribution in [0.1, 0.15) is 24.4 Å². The first-order valence-corrected chi connectivity index (χ1v) is 9.80. The summed E-state index contributed by atoms with van der Waals surface area (Å²) in [6.45, 7) is 0.463. The highest BCUT2D eigenvalue weighted by molar-refractivity contribution is 7.89. The predicted molar refractivity (Wildman–Crippen MR) is 97.9 cm³/mol. The second-order valence-corrected chi connectivity index (χ2v) is 8.20. The zero-order valence-corrected chi connectivity index (χ0v) is 14.5. The summed E-state index contributed by atoms with van der Waals surface area (Å²) >= 11 is 0. The molecule has 1 aliphatic heterocycles. The minimum atomic E-state index is -3.60. The molecule has 1 saturated heterocycles. The highest BCUT2D eigenvalue weighted by atomic mass is 32.2. The van der Waals surface area contributed by atoms with Crippen LogP contribution in [0.15, 0.2) is 71.6 Å². The van der Waals surface area contributed by atoms with Crippen LogP contribution in [0.25, 0.3) is 10.8 Å². The Morgan fingerprint density at radius 1 is 0.920 bits per heavy atom. The lowest BCUT2D eigenvalue weighted by atomic mass is 9.97. The number of nitrogens with zero attached hydrogens (tertiary/aromatic N) is 1. The van der Waals surface area contributed by atoms with Crippen molar-refractivity contribution in [2.45, 2.75) is 23.8 Å². The van der Waals surface area contributed by atoms with E-state index in [9.17, 15) is 13.5 Å². The van der Waals surface area contributed by atoms with E-state index in [-0.39, 0.29) is 11.8 Å². The Morgan fingerprint density at radius 3 is 2.44 bits per heavy atom. The molecule has 4 rings (SSSR count). The molecule has 0 aliphatic carbocycles. The molecular formula is C20H19NO3S. The van der Waals surface area contributed by atoms with Gasteiger partial charge in [0.1, 0.15) is 5.75 Å². The Kier molecular flexibility index (Phi) is 3.98. The Labute approximate surface area is 147 Å². The standard InChI is InChI=1S/C20H19NO3S/c22-19-13-12-15-7-4-5-10-17(15)20(19)18-11-6-14-21(18)25(23,24)16-8-2-1-3-9-16/h1-5,7-10,12-13,18,22H,6,11,14H2. The summed E-state index contributed by atoms with van der Waals surface area (Å²) in [4.78, 5) is 0.293. The molecule has 3 aromatic carbocycles. The molecule has 1 heterocycles. The van der Waals surface area contributed by atoms with Crippen LogP contribution < -0.4 is 0 Å². The number of phenols is 1. The van der Waals surface area contributed by atoms with Crippen LogP contribution in [0, 0.1) is 0 Å². The number of rotatable bonds is 3. The van der Waals surface area contributed by atoms with Crippen molar-refractivity contribution in [3.63, 3.8) is 0 Å². The zero-order chi connectivity index (χ0) is 17.4. The van der Waals surface area contributed by atoms with E-state index in [4.69, 9.17) is 0 Å². The van der Waals surface area contributed by atoms with E-state index >= 15 is 0 Å². The number of phenolic OH excluding ortho intramolecular Hbond substituents is 1. The molecule has 1 N–H and O–H groups in total. The van der Waals surface area contributed by atoms with Crippen LogP contribution in [0.5, 0.6) is 5.75 Å². The Hall–Kier alpha value is -2.37. The third kappa shape index (κ3) is 2.69. The molecule has 128 valence electrons. The highest BCUT2D eigenvalue weighted by Gasteiger charge is 2.38. The van der Waals surface area contributed by atoms with Crippen LogP contribution in [0.4, 0.5) is 0 Å². The minimum absolute atomic E-state index is 0.152. The van der Waals surface area contributed by atoms with Gasteiger partial charge in [0.25, 0.3) is 0 Å². The van der Waals surface area contributed by atoms with Crippen LogP contribution in [0.3, 0.4) is 0 Å². The van der Waals surface area contributed by atoms with Crippen molar-refractivity contribution < 1.29 is 13.5 Å². The number of hydrogen-bond donors (Lipinski definition) is 1. The molecule has 0 aromatic heterocycles. The van der Waals surface area contributed by atoms with Gasteiger partial charge in [-0.3, -0.25) is 0 Å². The Bertz CT molecular complexity index is 1020. The SMILES string of the molecule is O=S(=O)(c1ccccc1)N1CCCC1c1c(O)ccc2ccccc12. The normalized spacial score (nSPS) is 18.6. The van der Waals surface area contributed by atoms with E-state index in [1.165, 1.54) is 4.31 Å². The summed E-state index contributed by atoms with van der Waals surface area (Å²) in [6.07, 6.45) is 1.48. The number of aromatic hydroxyl groups is 1. The Balaban J connectivity index is 1.85. The fraction of sp³-hybridized carbons (Fsp3) is 0.200. The minimum Gasteiger partial charge on any atom is -0.508 e. The molecule has 3 aromatic rings. The van der Waals surface area contributed by atoms with Crippen molar-refractivity contribution in [1.82, 2.24) is 4.31 Å². The van der Waals surface area contributed by atoms with Crippen molar-refractivity contribution in [2.24, 2.45) is 0 Å². The van der Waals surface area contributed by atoms with Crippen molar-refractivity contribution in [3.8, 4) is 5.75 Å². The van der Waals surface area contributed by atoms with Crippen LogP contribution in [-0.2, 0) is 10.0 Å². The average molecular weight is 353 g/mol. The van der Waals surface area contributed by atoms with Gasteiger partial charge >= 0.3 is 0 Å². The van der Waals surface area contributed by atoms with Gasteiger partial charge in [-0.05, 0) is 41.8 Å². The van der Waals surface area contributed by atoms with Crippen LogP contribution >= 0.6 is 0 Å². The van der Waals surface area contributed by atoms with Gasteiger partial charge in [-0.2, -0.15) is 4.31 Å². The second kappa shape index (κ2) is 6.17. The lowest BCUT2D eigenvalue weighted by Crippen LogP contribution is -2.30. The van der Waals surface area contributed by atoms with E-state index in [0.29, 0.717) is 23.4 Å². The van der Waals surface area contributed by atoms with Gasteiger partial charge in [-0.1, -0.05) is 48.5 Å². The molecule has 5 heteroatoms. The van der Waals surface area contributed by atoms with Gasteiger partial charge in [-0.25, -0.2) is 8.42 Å². The highest BCUT2D eigenvalue weighted by Crippen LogP contribution is 2.43. The summed E-state index contributed by atoms with van der Waals surface area (Å²) < 4.78 is 27.8. The molecule has 0 spiro atoms. The van der Waals surface area contributed by atoms with Gasteiger partial charge in [0.2, 0.25) is 10.0 Å². The van der Waals surface area contributed by atoms with E-state index in [1.807, 2.05) is 30.3 Å². The topological polar surface area (TPSA) is 57.6 Å². The summed E-state index contributed by atoms with van der Waals surface area (Å²) in [5.41, 5.74) is 0.704. The predicted octanol–water partition coefficient (Wildman–Crippen LogP) is 4.07. The molecule has 1 atom stereocenters. The van der Waals surface area contributed by atoms with Crippen molar-refractivity contribution in [3.05, 3.63) is 72.3 Å². The van der Waals surface area contributed by atoms with E-state index < -0.39 is 10.0 Å². The monoisotopic (exact) mass is 353 g/mol. The molecular weight excluding hydrogens is 334 g/mol. The molecule has 0 saturated carbocycles. The van der Waals surface area contributed by atoms with E-state index in [0.717, 1.165) is 17.2 Å². The third-order valence-electron chi connectivity index (χ3n) is 4.83. The lowest BCUT2D eigenvalue weighted by Gasteiger charge is -2.26. The van der Waals surface area contributed by atoms with Crippen LogP contribution in [0.2, 0.25) is 0 Å². The molecule has 4 nitrogen and oxygen atoms in total. The number of hydrogen-bond acceptors (Lipinski definition) is 3. The van der Waals surface area contributed by atoms with Gasteiger partial charge in [-0.15, -0.1) is 0 Å². The molecule has 0 amide bonds. The summed E-state index contributed by atoms with van der Waals surface area (Å²) in [7, 11) is -3.60. The van der Waals surface area contributed by atoms with Crippen LogP contribution in [-0.4, -0.2) is 24.4 Å². The smallest absolute Gasteiger partial charge is 0.243 e. The Morgan fingerprint density at radius 2 is 1.64 bits per heavy atom. The first kappa shape index (κ1) is 16.1. The van der Waals surface area contributed by atoms with Crippen molar-refractivity contribution in [1.29, 1.82) is 0 Å². The fourth-order valence-electron chi connectivity index (χ4n) is 3.68. The first-order chi connectivity index (χ1) is 12.1. The molecule has 1 aliphatic rings. The number of fused-ring (bicyclic) bond motifs is 1. The van der Waals surface area contributed by atoms with Crippen molar-refractivity contribution in [2.75, 3.05) is 6.54 Å². The molecule has 1 fully saturated rings. The van der Waals surface area contributed by atoms with Crippen molar-refractivity contribution >= 4 is 20.8 Å². The first-order valence-electron chi connectivity index (χ1n) is 8.36. The molecule has 0 radical (unpaired) electrons. The quantitative estimate of drug-likeness (QED) is 0.772. The fourth-order valence-corrected chi connectivity index (χ4v) is 5.37. The van der Waals surface area contributed by atoms with Gasteiger partial charge in [0, 0.05) is 12.1 Å². The number of sulfonamides is 1. The van der Waals surface area contributed by atoms with Gasteiger partial charge in [0.05, 0.1) is 10.9 Å². The summed E-state index contributed by atoms with van der Waals surface area (Å²) in [6, 6.07) is 19.4. The zero-order valence-electron chi connectivity index (χ0n) is 13.7. The van der Waals surface area contributed by atoms with Gasteiger partial charge < -0.3 is 5.11 Å². The third-order valence-corrected chi connectivity index (χ3v) is 6.76. The van der Waals surface area contributed by atoms with Gasteiger partial charge in [0.15, 0.2) is 0 Å². The largest absolute Gasteiger partial charge is 0.508 e. The summed E-state index contributed by atoms with van der Waals surface area (Å²) in [5, 5.41) is 12.4. The average Bonchev–Trinajstić information content (AvgIpc) is 3.12. The maximum absolute atomic E-state index is 13.1. The summed E-state index contributed by atoms with van der Waals surface area (Å²) in [5.74, 6) is 0.152.